The van der Waals surface area contributed by atoms with Crippen LogP contribution in [0.15, 0.2) is 48.5 Å². The van der Waals surface area contributed by atoms with Gasteiger partial charge in [0.15, 0.2) is 0 Å². The molecule has 0 aliphatic rings. The molecular formula is C15H9ClF2N2. The molecule has 0 bridgehead atoms. The Bertz CT molecular complexity index is 705. The second-order valence-corrected chi connectivity index (χ2v) is 4.32. The molecule has 0 saturated heterocycles. The van der Waals surface area contributed by atoms with Crippen molar-refractivity contribution in [2.24, 2.45) is 0 Å². The van der Waals surface area contributed by atoms with Gasteiger partial charge in [0.1, 0.15) is 11.6 Å². The third-order valence-corrected chi connectivity index (χ3v) is 2.90. The summed E-state index contributed by atoms with van der Waals surface area (Å²) in [5.74, 6) is -1.42. The fourth-order valence-corrected chi connectivity index (χ4v) is 1.90. The highest BCUT2D eigenvalue weighted by Crippen LogP contribution is 2.26. The van der Waals surface area contributed by atoms with Crippen molar-refractivity contribution in [3.05, 3.63) is 70.8 Å². The maximum Gasteiger partial charge on any atom is 0.149 e. The lowest BCUT2D eigenvalue weighted by Gasteiger charge is -2.12. The van der Waals surface area contributed by atoms with Crippen LogP contribution in [0.3, 0.4) is 0 Å². The van der Waals surface area contributed by atoms with Crippen LogP contribution in [-0.4, -0.2) is 0 Å². The molecule has 1 N–H and O–H groups in total. The van der Waals surface area contributed by atoms with Crippen molar-refractivity contribution < 1.29 is 8.78 Å². The van der Waals surface area contributed by atoms with Crippen molar-refractivity contribution in [3.8, 4) is 6.07 Å². The minimum atomic E-state index is -0.749. The Balaban J connectivity index is 2.40. The molecule has 0 amide bonds. The molecule has 2 nitrogen and oxygen atoms in total. The summed E-state index contributed by atoms with van der Waals surface area (Å²) < 4.78 is 26.5. The summed E-state index contributed by atoms with van der Waals surface area (Å²) in [6.07, 6.45) is 1.21. The average molecular weight is 291 g/mol. The second-order valence-electron chi connectivity index (χ2n) is 3.92. The third kappa shape index (κ3) is 3.14. The highest BCUT2D eigenvalue weighted by atomic mass is 35.5. The molecule has 20 heavy (non-hydrogen) atoms. The van der Waals surface area contributed by atoms with Crippen molar-refractivity contribution in [2.75, 3.05) is 5.32 Å². The smallest absolute Gasteiger partial charge is 0.149 e. The monoisotopic (exact) mass is 290 g/mol. The topological polar surface area (TPSA) is 35.8 Å². The van der Waals surface area contributed by atoms with Crippen LogP contribution in [0.2, 0.25) is 5.02 Å². The molecule has 0 atom stereocenters. The van der Waals surface area contributed by atoms with Gasteiger partial charge in [-0.15, -0.1) is 0 Å². The van der Waals surface area contributed by atoms with Crippen LogP contribution in [-0.2, 0) is 0 Å². The number of nitrogens with zero attached hydrogens (tertiary/aromatic N) is 1. The zero-order chi connectivity index (χ0) is 14.5. The predicted molar refractivity (Wildman–Crippen MR) is 75.0 cm³/mol. The van der Waals surface area contributed by atoms with Crippen molar-refractivity contribution in [2.45, 2.75) is 0 Å². The molecule has 2 aromatic carbocycles. The Morgan fingerprint density at radius 3 is 2.60 bits per heavy atom. The van der Waals surface area contributed by atoms with Gasteiger partial charge < -0.3 is 5.32 Å². The first-order valence-corrected chi connectivity index (χ1v) is 6.06. The number of benzene rings is 2. The summed E-state index contributed by atoms with van der Waals surface area (Å²) in [6, 6.07) is 11.9. The quantitative estimate of drug-likeness (QED) is 0.839. The normalized spacial score (nSPS) is 11.0. The minimum Gasteiger partial charge on any atom is -0.352 e. The zero-order valence-corrected chi connectivity index (χ0v) is 11.0. The van der Waals surface area contributed by atoms with Crippen molar-refractivity contribution in [3.63, 3.8) is 0 Å². The predicted octanol–water partition coefficient (Wildman–Crippen LogP) is 4.59. The van der Waals surface area contributed by atoms with Gasteiger partial charge in [-0.1, -0.05) is 29.8 Å². The maximum absolute atomic E-state index is 13.6. The summed E-state index contributed by atoms with van der Waals surface area (Å²) in [4.78, 5) is 0. The summed E-state index contributed by atoms with van der Waals surface area (Å²) in [6.45, 7) is 0. The lowest BCUT2D eigenvalue weighted by atomic mass is 10.1. The van der Waals surface area contributed by atoms with Gasteiger partial charge in [-0.3, -0.25) is 0 Å². The van der Waals surface area contributed by atoms with E-state index in [-0.39, 0.29) is 5.69 Å². The maximum atomic E-state index is 13.6. The molecule has 2 aromatic rings. The first-order valence-electron chi connectivity index (χ1n) is 5.68. The number of hydrogen-bond donors (Lipinski definition) is 1. The van der Waals surface area contributed by atoms with Crippen LogP contribution in [0.5, 0.6) is 0 Å². The number of nitriles is 1. The van der Waals surface area contributed by atoms with Gasteiger partial charge in [0, 0.05) is 22.7 Å². The summed E-state index contributed by atoms with van der Waals surface area (Å²) in [5, 5.41) is 12.0. The van der Waals surface area contributed by atoms with E-state index >= 15 is 0 Å². The largest absolute Gasteiger partial charge is 0.352 e. The van der Waals surface area contributed by atoms with Crippen LogP contribution < -0.4 is 5.32 Å². The highest BCUT2D eigenvalue weighted by Gasteiger charge is 2.09. The van der Waals surface area contributed by atoms with Crippen LogP contribution in [0.4, 0.5) is 14.5 Å². The number of halogens is 3. The van der Waals surface area contributed by atoms with Gasteiger partial charge in [-0.25, -0.2) is 8.78 Å². The Morgan fingerprint density at radius 2 is 1.95 bits per heavy atom. The fraction of sp³-hybridized carbons (Fsp3) is 0. The Kier molecular flexibility index (Phi) is 4.34. The minimum absolute atomic E-state index is 0.0628. The summed E-state index contributed by atoms with van der Waals surface area (Å²) in [7, 11) is 0. The van der Waals surface area contributed by atoms with Gasteiger partial charge in [-0.05, 0) is 18.2 Å². The van der Waals surface area contributed by atoms with E-state index in [9.17, 15) is 8.78 Å². The first kappa shape index (κ1) is 14.0. The van der Waals surface area contributed by atoms with Crippen LogP contribution in [0, 0.1) is 23.0 Å². The fourth-order valence-electron chi connectivity index (χ4n) is 1.66. The number of hydrogen-bond acceptors (Lipinski definition) is 2. The number of nitrogens with one attached hydrogen (secondary N) is 1. The van der Waals surface area contributed by atoms with Gasteiger partial charge in [0.2, 0.25) is 0 Å². The van der Waals surface area contributed by atoms with Gasteiger partial charge >= 0.3 is 0 Å². The molecule has 0 heterocycles. The molecule has 0 aromatic heterocycles. The Hall–Kier alpha value is -2.38. The van der Waals surface area contributed by atoms with E-state index in [0.29, 0.717) is 16.3 Å². The van der Waals surface area contributed by atoms with E-state index in [4.69, 9.17) is 16.9 Å². The summed E-state index contributed by atoms with van der Waals surface area (Å²) >= 11 is 6.04. The molecule has 0 fully saturated rings. The third-order valence-electron chi connectivity index (χ3n) is 2.57. The first-order chi connectivity index (χ1) is 9.61. The standard InChI is InChI=1S/C15H9ClF2N2/c16-12-4-2-1-3-11(12)14(7-8-19)20-15-6-5-10(17)9-13(15)18/h1-7,9,20H. The molecule has 100 valence electrons. The average Bonchev–Trinajstić information content (AvgIpc) is 2.42. The van der Waals surface area contributed by atoms with E-state index in [1.54, 1.807) is 24.3 Å². The molecule has 0 spiro atoms. The molecule has 0 aliphatic carbocycles. The van der Waals surface area contributed by atoms with Crippen LogP contribution in [0.1, 0.15) is 5.56 Å². The van der Waals surface area contributed by atoms with Gasteiger partial charge in [0.05, 0.1) is 17.5 Å². The molecule has 0 radical (unpaired) electrons. The van der Waals surface area contributed by atoms with E-state index in [2.05, 4.69) is 5.32 Å². The van der Waals surface area contributed by atoms with Crippen LogP contribution in [0.25, 0.3) is 5.70 Å². The second kappa shape index (κ2) is 6.18. The lowest BCUT2D eigenvalue weighted by molar-refractivity contribution is 0.586. The van der Waals surface area contributed by atoms with E-state index in [1.165, 1.54) is 12.1 Å². The van der Waals surface area contributed by atoms with E-state index in [0.717, 1.165) is 12.1 Å². The molecule has 0 aliphatic heterocycles. The molecular weight excluding hydrogens is 282 g/mol. The summed E-state index contributed by atoms with van der Waals surface area (Å²) in [5.41, 5.74) is 0.955. The van der Waals surface area contributed by atoms with Crippen molar-refractivity contribution in [1.29, 1.82) is 5.26 Å². The SMILES string of the molecule is N#CC=C(Nc1ccc(F)cc1F)c1ccccc1Cl. The van der Waals surface area contributed by atoms with Gasteiger partial charge in [-0.2, -0.15) is 5.26 Å². The molecule has 2 rings (SSSR count). The Morgan fingerprint density at radius 1 is 1.20 bits per heavy atom. The zero-order valence-electron chi connectivity index (χ0n) is 10.2. The molecule has 0 saturated carbocycles. The number of allylic oxidation sites excluding steroid dienone is 1. The van der Waals surface area contributed by atoms with Crippen LogP contribution >= 0.6 is 11.6 Å². The highest BCUT2D eigenvalue weighted by molar-refractivity contribution is 6.32. The van der Waals surface area contributed by atoms with E-state index < -0.39 is 11.6 Å². The molecule has 0 unspecified atom stereocenters. The lowest BCUT2D eigenvalue weighted by Crippen LogP contribution is -2.01. The molecule has 5 heteroatoms. The Labute approximate surface area is 119 Å². The number of anilines is 1. The van der Waals surface area contributed by atoms with Gasteiger partial charge in [0.25, 0.3) is 0 Å². The van der Waals surface area contributed by atoms with E-state index in [1.807, 2.05) is 6.07 Å². The van der Waals surface area contributed by atoms with Crippen molar-refractivity contribution >= 4 is 23.0 Å². The van der Waals surface area contributed by atoms with Crippen molar-refractivity contribution in [1.82, 2.24) is 0 Å². The number of rotatable bonds is 3.